The molecule has 5 N–H and O–H groups in total. The number of aliphatic hydroxyl groups is 1. The second kappa shape index (κ2) is 5.51. The van der Waals surface area contributed by atoms with E-state index in [4.69, 9.17) is 12.2 Å². The number of hydrogen-bond acceptors (Lipinski definition) is 6. The van der Waals surface area contributed by atoms with Crippen molar-refractivity contribution >= 4 is 5.97 Å². The van der Waals surface area contributed by atoms with Gasteiger partial charge in [0.25, 0.3) is 0 Å². The van der Waals surface area contributed by atoms with Gasteiger partial charge in [-0.05, 0) is 24.6 Å². The highest BCUT2D eigenvalue weighted by Crippen LogP contribution is 2.28. The van der Waals surface area contributed by atoms with Crippen LogP contribution in [0.2, 0.25) is 0 Å². The molecule has 0 heterocycles. The van der Waals surface area contributed by atoms with E-state index in [0.29, 0.717) is 0 Å². The highest BCUT2D eigenvalue weighted by Gasteiger charge is 2.25. The van der Waals surface area contributed by atoms with Crippen LogP contribution in [-0.4, -0.2) is 33.9 Å². The van der Waals surface area contributed by atoms with Gasteiger partial charge in [0.1, 0.15) is 12.1 Å². The fraction of sp³-hybridized carbons (Fsp3) is 0.364. The van der Waals surface area contributed by atoms with Crippen molar-refractivity contribution < 1.29 is 26.2 Å². The second-order valence-corrected chi connectivity index (χ2v) is 3.33. The number of rotatable bonds is 4. The fourth-order valence-electron chi connectivity index (χ4n) is 1.22. The van der Waals surface area contributed by atoms with Gasteiger partial charge < -0.3 is 25.8 Å². The molecule has 1 rings (SSSR count). The molecule has 17 heavy (non-hydrogen) atoms. The first-order valence-corrected chi connectivity index (χ1v) is 4.96. The maximum Gasteiger partial charge on any atom is 0.325 e. The molecule has 0 unspecified atom stereocenters. The molecule has 0 radical (unpaired) electrons. The van der Waals surface area contributed by atoms with Crippen molar-refractivity contribution in [1.82, 2.24) is 0 Å². The van der Waals surface area contributed by atoms with E-state index < -0.39 is 23.8 Å². The Bertz CT molecular complexity index is 449. The number of carbonyl (C=O) groups excluding carboxylic acids is 1. The third-order valence-electron chi connectivity index (χ3n) is 2.12. The molecule has 1 aromatic rings. The van der Waals surface area contributed by atoms with E-state index in [0.717, 1.165) is 12.1 Å². The lowest BCUT2D eigenvalue weighted by Crippen LogP contribution is -2.38. The molecule has 94 valence electrons. The number of hydrogen-bond donors (Lipinski definition) is 4. The molecule has 0 bridgehead atoms. The summed E-state index contributed by atoms with van der Waals surface area (Å²) in [6, 6.07) is 0.999. The van der Waals surface area contributed by atoms with Gasteiger partial charge in [-0.2, -0.15) is 0 Å². The van der Waals surface area contributed by atoms with Gasteiger partial charge in [-0.15, -0.1) is 0 Å². The van der Waals surface area contributed by atoms with Crippen molar-refractivity contribution in [3.63, 3.8) is 0 Å². The molecule has 6 nitrogen and oxygen atoms in total. The summed E-state index contributed by atoms with van der Waals surface area (Å²) >= 11 is 0. The number of phenols is 2. The number of carbonyl (C=O) groups is 1. The molecule has 6 heteroatoms. The first kappa shape index (κ1) is 11.7. The molecule has 1 aromatic carbocycles. The Morgan fingerprint density at radius 3 is 2.71 bits per heavy atom. The van der Waals surface area contributed by atoms with Crippen LogP contribution in [0.5, 0.6) is 11.5 Å². The highest BCUT2D eigenvalue weighted by molar-refractivity contribution is 5.76. The summed E-state index contributed by atoms with van der Waals surface area (Å²) in [5.74, 6) is -1.94. The standard InChI is InChI=1S/C11H15NO5/c1-2-17-11(16)9(12)10(15)6-3-4-7(13)8(14)5-6/h3-5,9-10,13-15H,2,12H2,1H3/t9-,10+/m0/s1/i9D. The number of nitrogens with two attached hydrogens (primary N) is 1. The number of esters is 1. The Kier molecular flexibility index (Phi) is 3.79. The van der Waals surface area contributed by atoms with Crippen LogP contribution in [-0.2, 0) is 9.53 Å². The van der Waals surface area contributed by atoms with Crippen LogP contribution >= 0.6 is 0 Å². The van der Waals surface area contributed by atoms with E-state index in [1.165, 1.54) is 6.07 Å². The van der Waals surface area contributed by atoms with Crippen molar-refractivity contribution in [3.8, 4) is 11.5 Å². The maximum atomic E-state index is 11.4. The zero-order valence-electron chi connectivity index (χ0n) is 10.3. The zero-order chi connectivity index (χ0) is 13.9. The predicted molar refractivity (Wildman–Crippen MR) is 59.3 cm³/mol. The van der Waals surface area contributed by atoms with Gasteiger partial charge in [0, 0.05) is 0 Å². The van der Waals surface area contributed by atoms with Crippen LogP contribution < -0.4 is 5.73 Å². The van der Waals surface area contributed by atoms with E-state index in [1.54, 1.807) is 6.92 Å². The summed E-state index contributed by atoms with van der Waals surface area (Å²) in [6.45, 7) is 1.58. The van der Waals surface area contributed by atoms with Gasteiger partial charge in [0.2, 0.25) is 0 Å². The molecule has 0 fully saturated rings. The van der Waals surface area contributed by atoms with Gasteiger partial charge in [0.15, 0.2) is 11.5 Å². The molecule has 0 amide bonds. The van der Waals surface area contributed by atoms with Crippen LogP contribution in [0.15, 0.2) is 18.2 Å². The number of aliphatic hydroxyl groups excluding tert-OH is 1. The first-order chi connectivity index (χ1) is 8.30. The van der Waals surface area contributed by atoms with Gasteiger partial charge in [-0.25, -0.2) is 0 Å². The molecule has 0 saturated heterocycles. The molecule has 2 atom stereocenters. The van der Waals surface area contributed by atoms with Crippen molar-refractivity contribution in [3.05, 3.63) is 23.8 Å². The van der Waals surface area contributed by atoms with E-state index in [9.17, 15) is 15.0 Å². The summed E-state index contributed by atoms with van der Waals surface area (Å²) < 4.78 is 12.2. The normalized spacial score (nSPS) is 16.8. The predicted octanol–water partition coefficient (Wildman–Crippen LogP) is 0.0216. The second-order valence-electron chi connectivity index (χ2n) is 3.33. The monoisotopic (exact) mass is 242 g/mol. The SMILES string of the molecule is [2H][C@@](N)(C(=O)OCC)[C@H](O)c1ccc(O)c(O)c1. The smallest absolute Gasteiger partial charge is 0.325 e. The Balaban J connectivity index is 3.01. The van der Waals surface area contributed by atoms with E-state index in [1.807, 2.05) is 0 Å². The largest absolute Gasteiger partial charge is 0.504 e. The minimum Gasteiger partial charge on any atom is -0.504 e. The van der Waals surface area contributed by atoms with Crippen LogP contribution in [0.1, 0.15) is 20.0 Å². The van der Waals surface area contributed by atoms with Gasteiger partial charge in [-0.1, -0.05) is 6.07 Å². The van der Waals surface area contributed by atoms with Crippen molar-refractivity contribution in [2.45, 2.75) is 19.0 Å². The maximum absolute atomic E-state index is 11.4. The van der Waals surface area contributed by atoms with Gasteiger partial charge in [0.05, 0.1) is 7.98 Å². The molecule has 0 aromatic heterocycles. The number of phenolic OH excluding ortho intramolecular Hbond substituents is 2. The zero-order valence-corrected chi connectivity index (χ0v) is 9.25. The molecule has 0 aliphatic heterocycles. The summed E-state index contributed by atoms with van der Waals surface area (Å²) in [4.78, 5) is 11.4. The summed E-state index contributed by atoms with van der Waals surface area (Å²) in [5, 5.41) is 28.3. The van der Waals surface area contributed by atoms with E-state index >= 15 is 0 Å². The van der Waals surface area contributed by atoms with Crippen molar-refractivity contribution in [2.75, 3.05) is 6.61 Å². The topological polar surface area (TPSA) is 113 Å². The minimum atomic E-state index is -2.39. The summed E-state index contributed by atoms with van der Waals surface area (Å²) in [7, 11) is 0. The molecule has 0 aliphatic carbocycles. The number of ether oxygens (including phenoxy) is 1. The van der Waals surface area contributed by atoms with E-state index in [-0.39, 0.29) is 17.9 Å². The lowest BCUT2D eigenvalue weighted by Gasteiger charge is -2.17. The summed E-state index contributed by atoms with van der Waals surface area (Å²) in [6.07, 6.45) is -1.69. The third kappa shape index (κ3) is 3.08. The highest BCUT2D eigenvalue weighted by atomic mass is 16.5. The Labute approximate surface area is 99.7 Å². The van der Waals surface area contributed by atoms with Crippen LogP contribution in [0.3, 0.4) is 0 Å². The molecule has 0 saturated carbocycles. The minimum absolute atomic E-state index is 0.0239. The van der Waals surface area contributed by atoms with Crippen LogP contribution in [0, 0.1) is 0 Å². The lowest BCUT2D eigenvalue weighted by atomic mass is 10.0. The number of benzene rings is 1. The Morgan fingerprint density at radius 1 is 1.53 bits per heavy atom. The van der Waals surface area contributed by atoms with Crippen molar-refractivity contribution in [2.24, 2.45) is 5.73 Å². The average molecular weight is 242 g/mol. The first-order valence-electron chi connectivity index (χ1n) is 5.46. The molecular formula is C11H15NO5. The quantitative estimate of drug-likeness (QED) is 0.437. The average Bonchev–Trinajstić information content (AvgIpc) is 2.32. The van der Waals surface area contributed by atoms with Crippen LogP contribution in [0.25, 0.3) is 0 Å². The molecular weight excluding hydrogens is 226 g/mol. The van der Waals surface area contributed by atoms with Crippen LogP contribution in [0.4, 0.5) is 0 Å². The Hall–Kier alpha value is -1.79. The summed E-state index contributed by atoms with van der Waals surface area (Å²) in [5.41, 5.74) is 5.43. The lowest BCUT2D eigenvalue weighted by molar-refractivity contribution is -0.147. The number of aromatic hydroxyl groups is 2. The van der Waals surface area contributed by atoms with Crippen molar-refractivity contribution in [1.29, 1.82) is 0 Å². The fourth-order valence-corrected chi connectivity index (χ4v) is 1.22. The van der Waals surface area contributed by atoms with Gasteiger partial charge in [-0.3, -0.25) is 4.79 Å². The molecule has 0 spiro atoms. The van der Waals surface area contributed by atoms with Gasteiger partial charge >= 0.3 is 5.97 Å². The van der Waals surface area contributed by atoms with E-state index in [2.05, 4.69) is 4.74 Å². The third-order valence-corrected chi connectivity index (χ3v) is 2.12. The molecule has 0 aliphatic rings. The Morgan fingerprint density at radius 2 is 2.18 bits per heavy atom.